The summed E-state index contributed by atoms with van der Waals surface area (Å²) in [5, 5.41) is 20.2. The normalized spacial score (nSPS) is 11.1. The van der Waals surface area contributed by atoms with E-state index in [0.29, 0.717) is 22.6 Å². The molecule has 0 aliphatic heterocycles. The monoisotopic (exact) mass is 334 g/mol. The van der Waals surface area contributed by atoms with Crippen LogP contribution in [0.1, 0.15) is 11.3 Å². The SMILES string of the molecule is N#C/C(=C/c1ccc(-c2cccc(F)c2)o1)c1cccc([N+](=O)[O-])c1. The lowest BCUT2D eigenvalue weighted by atomic mass is 10.1. The molecule has 3 aromatic rings. The first-order valence-electron chi connectivity index (χ1n) is 7.29. The number of nitriles is 1. The van der Waals surface area contributed by atoms with Crippen molar-refractivity contribution in [1.82, 2.24) is 0 Å². The zero-order valence-electron chi connectivity index (χ0n) is 12.8. The number of halogens is 1. The highest BCUT2D eigenvalue weighted by Crippen LogP contribution is 2.26. The summed E-state index contributed by atoms with van der Waals surface area (Å²) >= 11 is 0. The third-order valence-corrected chi connectivity index (χ3v) is 3.51. The first kappa shape index (κ1) is 16.1. The summed E-state index contributed by atoms with van der Waals surface area (Å²) in [4.78, 5) is 10.3. The Hall–Kier alpha value is -3.72. The van der Waals surface area contributed by atoms with Crippen LogP contribution in [0, 0.1) is 27.3 Å². The molecule has 6 heteroatoms. The van der Waals surface area contributed by atoms with Gasteiger partial charge in [-0.1, -0.05) is 24.3 Å². The van der Waals surface area contributed by atoms with Gasteiger partial charge in [0.2, 0.25) is 0 Å². The van der Waals surface area contributed by atoms with E-state index in [9.17, 15) is 19.8 Å². The molecule has 0 fully saturated rings. The van der Waals surface area contributed by atoms with E-state index in [1.54, 1.807) is 30.3 Å². The predicted molar refractivity (Wildman–Crippen MR) is 90.7 cm³/mol. The number of allylic oxidation sites excluding steroid dienone is 1. The maximum absolute atomic E-state index is 13.3. The standard InChI is InChI=1S/C19H11FN2O3/c20-16-5-1-4-14(9-16)19-8-7-18(25-19)11-15(12-21)13-3-2-6-17(10-13)22(23)24/h1-11H/b15-11-. The van der Waals surface area contributed by atoms with Gasteiger partial charge >= 0.3 is 0 Å². The fourth-order valence-corrected chi connectivity index (χ4v) is 2.34. The van der Waals surface area contributed by atoms with E-state index in [1.165, 1.54) is 36.4 Å². The van der Waals surface area contributed by atoms with Crippen LogP contribution >= 0.6 is 0 Å². The molecule has 0 amide bonds. The average molecular weight is 334 g/mol. The summed E-state index contributed by atoms with van der Waals surface area (Å²) in [6.07, 6.45) is 1.49. The molecule has 0 atom stereocenters. The van der Waals surface area contributed by atoms with Crippen molar-refractivity contribution in [2.45, 2.75) is 0 Å². The van der Waals surface area contributed by atoms with Gasteiger partial charge in [0.15, 0.2) is 0 Å². The van der Waals surface area contributed by atoms with Gasteiger partial charge in [0, 0.05) is 17.7 Å². The topological polar surface area (TPSA) is 80.1 Å². The number of rotatable bonds is 4. The first-order valence-corrected chi connectivity index (χ1v) is 7.29. The van der Waals surface area contributed by atoms with Crippen molar-refractivity contribution in [3.63, 3.8) is 0 Å². The molecule has 5 nitrogen and oxygen atoms in total. The lowest BCUT2D eigenvalue weighted by Crippen LogP contribution is -1.89. The molecule has 0 aliphatic carbocycles. The van der Waals surface area contributed by atoms with Gasteiger partial charge < -0.3 is 4.42 Å². The number of hydrogen-bond acceptors (Lipinski definition) is 4. The number of non-ortho nitro benzene ring substituents is 1. The lowest BCUT2D eigenvalue weighted by molar-refractivity contribution is -0.384. The largest absolute Gasteiger partial charge is 0.457 e. The van der Waals surface area contributed by atoms with Gasteiger partial charge in [-0.2, -0.15) is 5.26 Å². The molecule has 25 heavy (non-hydrogen) atoms. The summed E-state index contributed by atoms with van der Waals surface area (Å²) < 4.78 is 18.9. The Labute approximate surface area is 142 Å². The third kappa shape index (κ3) is 3.62. The van der Waals surface area contributed by atoms with Crippen molar-refractivity contribution in [3.05, 3.63) is 87.9 Å². The van der Waals surface area contributed by atoms with Gasteiger partial charge in [0.05, 0.1) is 16.6 Å². The van der Waals surface area contributed by atoms with Gasteiger partial charge in [-0.25, -0.2) is 4.39 Å². The Morgan fingerprint density at radius 1 is 1.16 bits per heavy atom. The Morgan fingerprint density at radius 3 is 2.68 bits per heavy atom. The molecular formula is C19H11FN2O3. The van der Waals surface area contributed by atoms with Gasteiger partial charge in [-0.3, -0.25) is 10.1 Å². The summed E-state index contributed by atoms with van der Waals surface area (Å²) in [5.41, 5.74) is 1.12. The summed E-state index contributed by atoms with van der Waals surface area (Å²) in [5.74, 6) is 0.477. The highest BCUT2D eigenvalue weighted by atomic mass is 19.1. The molecular weight excluding hydrogens is 323 g/mol. The Morgan fingerprint density at radius 2 is 1.96 bits per heavy atom. The van der Waals surface area contributed by atoms with E-state index in [0.717, 1.165) is 0 Å². The fraction of sp³-hybridized carbons (Fsp3) is 0. The van der Waals surface area contributed by atoms with Crippen LogP contribution in [0.2, 0.25) is 0 Å². The molecule has 0 radical (unpaired) electrons. The van der Waals surface area contributed by atoms with Crippen molar-refractivity contribution < 1.29 is 13.7 Å². The number of benzene rings is 2. The third-order valence-electron chi connectivity index (χ3n) is 3.51. The minimum absolute atomic E-state index is 0.0986. The quantitative estimate of drug-likeness (QED) is 0.379. The molecule has 0 saturated carbocycles. The van der Waals surface area contributed by atoms with Crippen molar-refractivity contribution in [3.8, 4) is 17.4 Å². The molecule has 0 bridgehead atoms. The van der Waals surface area contributed by atoms with Crippen LogP contribution in [0.4, 0.5) is 10.1 Å². The molecule has 3 rings (SSSR count). The van der Waals surface area contributed by atoms with E-state index in [4.69, 9.17) is 4.42 Å². The molecule has 0 aliphatic rings. The van der Waals surface area contributed by atoms with Crippen molar-refractivity contribution >= 4 is 17.3 Å². The lowest BCUT2D eigenvalue weighted by Gasteiger charge is -1.99. The predicted octanol–water partition coefficient (Wildman–Crippen LogP) is 5.06. The van der Waals surface area contributed by atoms with Gasteiger partial charge in [-0.15, -0.1) is 0 Å². The summed E-state index contributed by atoms with van der Waals surface area (Å²) in [6.45, 7) is 0. The van der Waals surface area contributed by atoms with Crippen molar-refractivity contribution in [1.29, 1.82) is 5.26 Å². The molecule has 2 aromatic carbocycles. The van der Waals surface area contributed by atoms with E-state index in [2.05, 4.69) is 0 Å². The second-order valence-corrected chi connectivity index (χ2v) is 5.19. The zero-order chi connectivity index (χ0) is 17.8. The molecule has 0 N–H and O–H groups in total. The number of nitrogens with zero attached hydrogens (tertiary/aromatic N) is 2. The second-order valence-electron chi connectivity index (χ2n) is 5.19. The molecule has 122 valence electrons. The molecule has 1 aromatic heterocycles. The van der Waals surface area contributed by atoms with Crippen molar-refractivity contribution in [2.75, 3.05) is 0 Å². The number of furan rings is 1. The van der Waals surface area contributed by atoms with Crippen LogP contribution in [0.15, 0.2) is 65.1 Å². The van der Waals surface area contributed by atoms with Crippen molar-refractivity contribution in [2.24, 2.45) is 0 Å². The van der Waals surface area contributed by atoms with Gasteiger partial charge in [0.1, 0.15) is 17.3 Å². The molecule has 0 spiro atoms. The average Bonchev–Trinajstić information content (AvgIpc) is 3.08. The Balaban J connectivity index is 1.95. The van der Waals surface area contributed by atoms with Crippen LogP contribution in [-0.2, 0) is 0 Å². The highest BCUT2D eigenvalue weighted by molar-refractivity contribution is 5.89. The first-order chi connectivity index (χ1) is 12.1. The number of hydrogen-bond donors (Lipinski definition) is 0. The van der Waals surface area contributed by atoms with E-state index >= 15 is 0 Å². The zero-order valence-corrected chi connectivity index (χ0v) is 12.8. The van der Waals surface area contributed by atoms with Crippen LogP contribution in [0.25, 0.3) is 23.0 Å². The van der Waals surface area contributed by atoms with E-state index in [-0.39, 0.29) is 17.1 Å². The van der Waals surface area contributed by atoms with Crippen LogP contribution < -0.4 is 0 Å². The number of nitro groups is 1. The fourth-order valence-electron chi connectivity index (χ4n) is 2.34. The minimum Gasteiger partial charge on any atom is -0.457 e. The molecule has 1 heterocycles. The molecule has 0 unspecified atom stereocenters. The van der Waals surface area contributed by atoms with E-state index in [1.807, 2.05) is 6.07 Å². The van der Waals surface area contributed by atoms with Crippen LogP contribution in [-0.4, -0.2) is 4.92 Å². The van der Waals surface area contributed by atoms with E-state index < -0.39 is 4.92 Å². The second kappa shape index (κ2) is 6.81. The summed E-state index contributed by atoms with van der Waals surface area (Å²) in [7, 11) is 0. The Bertz CT molecular complexity index is 1020. The maximum Gasteiger partial charge on any atom is 0.270 e. The smallest absolute Gasteiger partial charge is 0.270 e. The number of nitro benzene ring substituents is 1. The minimum atomic E-state index is -0.520. The Kier molecular flexibility index (Phi) is 4.40. The maximum atomic E-state index is 13.3. The highest BCUT2D eigenvalue weighted by Gasteiger charge is 2.10. The van der Waals surface area contributed by atoms with Gasteiger partial charge in [-0.05, 0) is 35.9 Å². The summed E-state index contributed by atoms with van der Waals surface area (Å²) in [6, 6.07) is 17.1. The van der Waals surface area contributed by atoms with Crippen LogP contribution in [0.3, 0.4) is 0 Å². The molecule has 0 saturated heterocycles. The van der Waals surface area contributed by atoms with Crippen LogP contribution in [0.5, 0.6) is 0 Å². The van der Waals surface area contributed by atoms with Gasteiger partial charge in [0.25, 0.3) is 5.69 Å².